The second kappa shape index (κ2) is 11.2. The fourth-order valence-electron chi connectivity index (χ4n) is 5.06. The standard InChI is InChI=1S/C29H31N5O5S/c1-18(2)39-28(36)25-19(3)30-29-33(26(25)20-8-6-5-7-9-20)27(35)24(40-29)17-21-16-22(34(37)38)10-11-23(21)32-14-12-31(4)13-15-32/h5-11,16-18,26H,12-15H2,1-4H3. The topological polar surface area (TPSA) is 110 Å². The molecule has 3 aromatic rings. The van der Waals surface area contributed by atoms with Crippen LogP contribution in [0.3, 0.4) is 0 Å². The van der Waals surface area contributed by atoms with E-state index in [9.17, 15) is 19.7 Å². The van der Waals surface area contributed by atoms with Gasteiger partial charge in [-0.1, -0.05) is 41.7 Å². The highest BCUT2D eigenvalue weighted by Crippen LogP contribution is 2.31. The quantitative estimate of drug-likeness (QED) is 0.259. The van der Waals surface area contributed by atoms with Gasteiger partial charge < -0.3 is 14.5 Å². The second-order valence-electron chi connectivity index (χ2n) is 10.2. The molecule has 1 fully saturated rings. The summed E-state index contributed by atoms with van der Waals surface area (Å²) in [6.45, 7) is 8.56. The van der Waals surface area contributed by atoms with Crippen LogP contribution in [-0.4, -0.2) is 59.7 Å². The van der Waals surface area contributed by atoms with Gasteiger partial charge >= 0.3 is 5.97 Å². The monoisotopic (exact) mass is 561 g/mol. The van der Waals surface area contributed by atoms with Gasteiger partial charge in [-0.05, 0) is 45.5 Å². The Morgan fingerprint density at radius 2 is 1.85 bits per heavy atom. The zero-order valence-corrected chi connectivity index (χ0v) is 23.7. The number of non-ortho nitro benzene ring substituents is 1. The summed E-state index contributed by atoms with van der Waals surface area (Å²) in [5.41, 5.74) is 2.61. The zero-order chi connectivity index (χ0) is 28.6. The molecule has 0 bridgehead atoms. The average molecular weight is 562 g/mol. The number of likely N-dealkylation sites (N-methyl/N-ethyl adjacent to an activating group) is 1. The molecule has 40 heavy (non-hydrogen) atoms. The van der Waals surface area contributed by atoms with E-state index < -0.39 is 16.9 Å². The molecule has 5 rings (SSSR count). The fourth-order valence-corrected chi connectivity index (χ4v) is 6.10. The lowest BCUT2D eigenvalue weighted by Gasteiger charge is -2.34. The first-order valence-corrected chi connectivity index (χ1v) is 14.0. The van der Waals surface area contributed by atoms with E-state index in [0.29, 0.717) is 26.2 Å². The van der Waals surface area contributed by atoms with Crippen LogP contribution in [0.15, 0.2) is 69.6 Å². The molecule has 0 aliphatic carbocycles. The summed E-state index contributed by atoms with van der Waals surface area (Å²) in [6.07, 6.45) is 1.37. The van der Waals surface area contributed by atoms with E-state index in [1.165, 1.54) is 28.0 Å². The maximum absolute atomic E-state index is 14.0. The predicted octanol–water partition coefficient (Wildman–Crippen LogP) is 2.85. The molecule has 2 aliphatic heterocycles. The molecule has 0 amide bonds. The number of piperazine rings is 1. The van der Waals surface area contributed by atoms with Crippen LogP contribution in [0.2, 0.25) is 0 Å². The van der Waals surface area contributed by atoms with Crippen molar-refractivity contribution in [1.82, 2.24) is 9.47 Å². The molecule has 11 heteroatoms. The van der Waals surface area contributed by atoms with Crippen LogP contribution in [0, 0.1) is 10.1 Å². The van der Waals surface area contributed by atoms with Crippen LogP contribution < -0.4 is 19.8 Å². The fraction of sp³-hybridized carbons (Fsp3) is 0.345. The highest BCUT2D eigenvalue weighted by atomic mass is 32.1. The highest BCUT2D eigenvalue weighted by molar-refractivity contribution is 7.07. The smallest absolute Gasteiger partial charge is 0.338 e. The number of carbonyl (C=O) groups is 1. The molecule has 2 aliphatic rings. The van der Waals surface area contributed by atoms with Crippen LogP contribution in [-0.2, 0) is 9.53 Å². The summed E-state index contributed by atoms with van der Waals surface area (Å²) >= 11 is 1.20. The number of anilines is 1. The van der Waals surface area contributed by atoms with Crippen LogP contribution in [0.1, 0.15) is 37.9 Å². The predicted molar refractivity (Wildman–Crippen MR) is 154 cm³/mol. The first kappa shape index (κ1) is 27.5. The number of thiazole rings is 1. The number of fused-ring (bicyclic) bond motifs is 1. The number of nitro benzene ring substituents is 1. The number of nitrogens with zero attached hydrogens (tertiary/aromatic N) is 5. The molecule has 3 heterocycles. The number of hydrogen-bond acceptors (Lipinski definition) is 9. The van der Waals surface area contributed by atoms with E-state index in [4.69, 9.17) is 4.74 Å². The van der Waals surface area contributed by atoms with Crippen molar-refractivity contribution in [2.45, 2.75) is 32.9 Å². The van der Waals surface area contributed by atoms with Gasteiger partial charge in [0.05, 0.1) is 32.9 Å². The lowest BCUT2D eigenvalue weighted by molar-refractivity contribution is -0.384. The first-order valence-electron chi connectivity index (χ1n) is 13.1. The van der Waals surface area contributed by atoms with Gasteiger partial charge in [-0.2, -0.15) is 0 Å². The minimum atomic E-state index is -0.715. The Balaban J connectivity index is 1.69. The number of carbonyl (C=O) groups excluding carboxylic acids is 1. The Morgan fingerprint density at radius 1 is 1.15 bits per heavy atom. The molecule has 1 saturated heterocycles. The zero-order valence-electron chi connectivity index (χ0n) is 22.9. The maximum Gasteiger partial charge on any atom is 0.338 e. The van der Waals surface area contributed by atoms with E-state index >= 15 is 0 Å². The van der Waals surface area contributed by atoms with Crippen molar-refractivity contribution in [2.75, 3.05) is 38.1 Å². The number of rotatable bonds is 6. The number of ether oxygens (including phenoxy) is 1. The third-order valence-corrected chi connectivity index (χ3v) is 8.04. The second-order valence-corrected chi connectivity index (χ2v) is 11.2. The molecule has 0 spiro atoms. The van der Waals surface area contributed by atoms with Gasteiger partial charge in [-0.15, -0.1) is 0 Å². The first-order chi connectivity index (χ1) is 19.1. The summed E-state index contributed by atoms with van der Waals surface area (Å²) in [5, 5.41) is 11.6. The van der Waals surface area contributed by atoms with Gasteiger partial charge in [0, 0.05) is 49.6 Å². The lowest BCUT2D eigenvalue weighted by atomic mass is 9.96. The van der Waals surface area contributed by atoms with Gasteiger partial charge in [0.25, 0.3) is 11.2 Å². The van der Waals surface area contributed by atoms with Gasteiger partial charge in [0.1, 0.15) is 0 Å². The summed E-state index contributed by atoms with van der Waals surface area (Å²) < 4.78 is 7.45. The van der Waals surface area contributed by atoms with Crippen molar-refractivity contribution < 1.29 is 14.5 Å². The Kier molecular flexibility index (Phi) is 7.68. The van der Waals surface area contributed by atoms with Gasteiger partial charge in [0.2, 0.25) is 0 Å². The molecular weight excluding hydrogens is 530 g/mol. The molecule has 208 valence electrons. The normalized spacial score (nSPS) is 18.1. The van der Waals surface area contributed by atoms with Crippen LogP contribution >= 0.6 is 11.3 Å². The Bertz CT molecular complexity index is 1670. The number of esters is 1. The summed E-state index contributed by atoms with van der Waals surface area (Å²) in [7, 11) is 2.06. The van der Waals surface area contributed by atoms with Crippen molar-refractivity contribution in [3.63, 3.8) is 0 Å². The molecule has 0 radical (unpaired) electrons. The van der Waals surface area contributed by atoms with Crippen molar-refractivity contribution >= 4 is 34.8 Å². The third kappa shape index (κ3) is 5.34. The van der Waals surface area contributed by atoms with Crippen LogP contribution in [0.5, 0.6) is 0 Å². The minimum absolute atomic E-state index is 0.0476. The molecule has 2 aromatic carbocycles. The highest BCUT2D eigenvalue weighted by Gasteiger charge is 2.33. The Hall–Kier alpha value is -4.09. The molecule has 1 atom stereocenters. The maximum atomic E-state index is 14.0. The number of allylic oxidation sites excluding steroid dienone is 1. The summed E-state index contributed by atoms with van der Waals surface area (Å²) in [5.74, 6) is -0.518. The van der Waals surface area contributed by atoms with Crippen molar-refractivity contribution in [1.29, 1.82) is 0 Å². The van der Waals surface area contributed by atoms with E-state index in [0.717, 1.165) is 37.4 Å². The van der Waals surface area contributed by atoms with Crippen LogP contribution in [0.4, 0.5) is 11.4 Å². The van der Waals surface area contributed by atoms with Crippen molar-refractivity contribution in [3.8, 4) is 0 Å². The Labute approximate surface area is 235 Å². The van der Waals surface area contributed by atoms with E-state index in [1.54, 1.807) is 32.9 Å². The average Bonchev–Trinajstić information content (AvgIpc) is 3.22. The third-order valence-electron chi connectivity index (χ3n) is 7.05. The minimum Gasteiger partial charge on any atom is -0.459 e. The molecule has 1 unspecified atom stereocenters. The molecule has 0 N–H and O–H groups in total. The number of nitro groups is 1. The summed E-state index contributed by atoms with van der Waals surface area (Å²) in [4.78, 5) is 47.9. The molecule has 0 saturated carbocycles. The molecule has 10 nitrogen and oxygen atoms in total. The molecular formula is C29H31N5O5S. The van der Waals surface area contributed by atoms with E-state index in [2.05, 4.69) is 21.8 Å². The van der Waals surface area contributed by atoms with E-state index in [1.807, 2.05) is 30.3 Å². The van der Waals surface area contributed by atoms with Gasteiger partial charge in [-0.25, -0.2) is 9.79 Å². The summed E-state index contributed by atoms with van der Waals surface area (Å²) in [6, 6.07) is 13.4. The number of benzene rings is 2. The number of aromatic nitrogens is 1. The van der Waals surface area contributed by atoms with E-state index in [-0.39, 0.29) is 17.4 Å². The van der Waals surface area contributed by atoms with Crippen LogP contribution in [0.25, 0.3) is 6.08 Å². The molecule has 1 aromatic heterocycles. The number of hydrogen-bond donors (Lipinski definition) is 0. The van der Waals surface area contributed by atoms with Gasteiger partial charge in [0.15, 0.2) is 4.80 Å². The van der Waals surface area contributed by atoms with Crippen molar-refractivity contribution in [3.05, 3.63) is 101 Å². The van der Waals surface area contributed by atoms with Crippen molar-refractivity contribution in [2.24, 2.45) is 4.99 Å². The lowest BCUT2D eigenvalue weighted by Crippen LogP contribution is -2.44. The largest absolute Gasteiger partial charge is 0.459 e. The van der Waals surface area contributed by atoms with Gasteiger partial charge in [-0.3, -0.25) is 19.5 Å². The SMILES string of the molecule is CC1=C(C(=O)OC(C)C)C(c2ccccc2)n2c(sc(=Cc3cc([N+](=O)[O-])ccc3N3CCN(C)CC3)c2=O)=N1. The Morgan fingerprint density at radius 3 is 2.50 bits per heavy atom.